The molecule has 21 heavy (non-hydrogen) atoms. The molecule has 6 nitrogen and oxygen atoms in total. The van der Waals surface area contributed by atoms with Gasteiger partial charge in [0.1, 0.15) is 0 Å². The van der Waals surface area contributed by atoms with Gasteiger partial charge in [0, 0.05) is 12.0 Å². The molecule has 0 amide bonds. The Morgan fingerprint density at radius 1 is 1.29 bits per heavy atom. The number of hydrogen-bond donors (Lipinski definition) is 0. The zero-order valence-electron chi connectivity index (χ0n) is 12.5. The van der Waals surface area contributed by atoms with Gasteiger partial charge in [0.05, 0.1) is 18.1 Å². The number of rotatable bonds is 5. The Morgan fingerprint density at radius 2 is 2.05 bits per heavy atom. The number of aromatic nitrogens is 2. The first kappa shape index (κ1) is 15.0. The number of nitrogens with zero attached hydrogens (tertiary/aromatic N) is 3. The highest BCUT2D eigenvalue weighted by Crippen LogP contribution is 2.33. The first-order valence-electron chi connectivity index (χ1n) is 7.84. The summed E-state index contributed by atoms with van der Waals surface area (Å²) < 4.78 is 28.6. The quantitative estimate of drug-likeness (QED) is 0.824. The van der Waals surface area contributed by atoms with E-state index in [1.807, 2.05) is 6.92 Å². The first-order valence-corrected chi connectivity index (χ1v) is 9.66. The molecule has 0 bridgehead atoms. The highest BCUT2D eigenvalue weighted by atomic mass is 32.2. The van der Waals surface area contributed by atoms with Gasteiger partial charge in [-0.3, -0.25) is 4.90 Å². The smallest absolute Gasteiger partial charge is 0.229 e. The van der Waals surface area contributed by atoms with Gasteiger partial charge in [0.2, 0.25) is 5.89 Å². The highest BCUT2D eigenvalue weighted by molar-refractivity contribution is 7.91. The predicted molar refractivity (Wildman–Crippen MR) is 78.6 cm³/mol. The average molecular weight is 313 g/mol. The van der Waals surface area contributed by atoms with E-state index in [9.17, 15) is 8.42 Å². The Labute approximate surface area is 125 Å². The molecule has 1 aliphatic carbocycles. The van der Waals surface area contributed by atoms with Crippen LogP contribution in [0, 0.1) is 0 Å². The molecule has 2 fully saturated rings. The van der Waals surface area contributed by atoms with Crippen molar-refractivity contribution in [2.24, 2.45) is 0 Å². The SMILES string of the molecule is CCN(Cc1noc(C2CCCC2)n1)C1CCS(=O)(=O)C1. The fraction of sp³-hybridized carbons (Fsp3) is 0.857. The zero-order chi connectivity index (χ0) is 14.9. The van der Waals surface area contributed by atoms with Crippen molar-refractivity contribution >= 4 is 9.84 Å². The first-order chi connectivity index (χ1) is 10.1. The van der Waals surface area contributed by atoms with E-state index < -0.39 is 9.84 Å². The van der Waals surface area contributed by atoms with Crippen LogP contribution in [0.1, 0.15) is 56.7 Å². The van der Waals surface area contributed by atoms with Gasteiger partial charge in [-0.1, -0.05) is 24.9 Å². The maximum absolute atomic E-state index is 11.6. The van der Waals surface area contributed by atoms with Crippen molar-refractivity contribution in [1.29, 1.82) is 0 Å². The van der Waals surface area contributed by atoms with E-state index in [1.54, 1.807) is 0 Å². The zero-order valence-corrected chi connectivity index (χ0v) is 13.3. The third kappa shape index (κ3) is 3.45. The molecule has 1 saturated heterocycles. The topological polar surface area (TPSA) is 76.3 Å². The third-order valence-corrected chi connectivity index (χ3v) is 6.41. The van der Waals surface area contributed by atoms with Crippen molar-refractivity contribution in [3.05, 3.63) is 11.7 Å². The van der Waals surface area contributed by atoms with Crippen molar-refractivity contribution < 1.29 is 12.9 Å². The van der Waals surface area contributed by atoms with E-state index in [-0.39, 0.29) is 11.8 Å². The molecule has 1 unspecified atom stereocenters. The Hall–Kier alpha value is -0.950. The maximum atomic E-state index is 11.6. The van der Waals surface area contributed by atoms with Gasteiger partial charge in [-0.05, 0) is 25.8 Å². The second-order valence-corrected chi connectivity index (χ2v) is 8.38. The molecule has 7 heteroatoms. The molecule has 0 radical (unpaired) electrons. The molecule has 1 atom stereocenters. The lowest BCUT2D eigenvalue weighted by molar-refractivity contribution is 0.206. The third-order valence-electron chi connectivity index (χ3n) is 4.66. The summed E-state index contributed by atoms with van der Waals surface area (Å²) in [7, 11) is -2.86. The average Bonchev–Trinajstić information content (AvgIpc) is 3.15. The largest absolute Gasteiger partial charge is 0.339 e. The lowest BCUT2D eigenvalue weighted by Crippen LogP contribution is -2.35. The summed E-state index contributed by atoms with van der Waals surface area (Å²) >= 11 is 0. The Balaban J connectivity index is 1.64. The minimum absolute atomic E-state index is 0.0911. The van der Waals surface area contributed by atoms with E-state index in [1.165, 1.54) is 12.8 Å². The summed E-state index contributed by atoms with van der Waals surface area (Å²) in [6.07, 6.45) is 5.47. The van der Waals surface area contributed by atoms with Gasteiger partial charge in [-0.2, -0.15) is 4.98 Å². The molecule has 0 aromatic carbocycles. The number of hydrogen-bond acceptors (Lipinski definition) is 6. The lowest BCUT2D eigenvalue weighted by Gasteiger charge is -2.24. The van der Waals surface area contributed by atoms with Crippen LogP contribution in [0.25, 0.3) is 0 Å². The molecule has 2 aliphatic rings. The van der Waals surface area contributed by atoms with Gasteiger partial charge >= 0.3 is 0 Å². The van der Waals surface area contributed by atoms with E-state index in [0.717, 1.165) is 25.3 Å². The van der Waals surface area contributed by atoms with Crippen LogP contribution in [0.4, 0.5) is 0 Å². The fourth-order valence-corrected chi connectivity index (χ4v) is 5.18. The molecule has 1 aromatic heterocycles. The van der Waals surface area contributed by atoms with Gasteiger partial charge in [0.15, 0.2) is 15.7 Å². The summed E-state index contributed by atoms with van der Waals surface area (Å²) in [5, 5.41) is 4.08. The van der Waals surface area contributed by atoms with Gasteiger partial charge < -0.3 is 4.52 Å². The molecule has 2 heterocycles. The minimum Gasteiger partial charge on any atom is -0.339 e. The van der Waals surface area contributed by atoms with Crippen molar-refractivity contribution in [1.82, 2.24) is 15.0 Å². The standard InChI is InChI=1S/C14H23N3O3S/c1-2-17(12-7-8-21(18,19)10-12)9-13-15-14(20-16-13)11-5-3-4-6-11/h11-12H,2-10H2,1H3. The Morgan fingerprint density at radius 3 is 2.67 bits per heavy atom. The van der Waals surface area contributed by atoms with Crippen LogP contribution in [0.3, 0.4) is 0 Å². The fourth-order valence-electron chi connectivity index (χ4n) is 3.41. The highest BCUT2D eigenvalue weighted by Gasteiger charge is 2.32. The molecular weight excluding hydrogens is 290 g/mol. The lowest BCUT2D eigenvalue weighted by atomic mass is 10.1. The molecule has 1 saturated carbocycles. The van der Waals surface area contributed by atoms with Crippen LogP contribution in [0.15, 0.2) is 4.52 Å². The second kappa shape index (κ2) is 6.04. The Kier molecular flexibility index (Phi) is 4.31. The summed E-state index contributed by atoms with van der Waals surface area (Å²) in [6.45, 7) is 3.42. The van der Waals surface area contributed by atoms with E-state index >= 15 is 0 Å². The van der Waals surface area contributed by atoms with Crippen LogP contribution in [0.5, 0.6) is 0 Å². The maximum Gasteiger partial charge on any atom is 0.229 e. The van der Waals surface area contributed by atoms with Crippen LogP contribution >= 0.6 is 0 Å². The van der Waals surface area contributed by atoms with Crippen molar-refractivity contribution in [3.8, 4) is 0 Å². The molecule has 0 N–H and O–H groups in total. The predicted octanol–water partition coefficient (Wildman–Crippen LogP) is 1.74. The van der Waals surface area contributed by atoms with E-state index in [4.69, 9.17) is 4.52 Å². The Bertz CT molecular complexity index is 578. The monoisotopic (exact) mass is 313 g/mol. The van der Waals surface area contributed by atoms with Crippen LogP contribution in [-0.4, -0.2) is 47.6 Å². The van der Waals surface area contributed by atoms with Crippen LogP contribution in [0.2, 0.25) is 0 Å². The number of sulfone groups is 1. The summed E-state index contributed by atoms with van der Waals surface area (Å²) in [5.74, 6) is 2.43. The minimum atomic E-state index is -2.86. The van der Waals surface area contributed by atoms with E-state index in [0.29, 0.717) is 30.5 Å². The summed E-state index contributed by atoms with van der Waals surface area (Å²) in [5.41, 5.74) is 0. The van der Waals surface area contributed by atoms with Crippen LogP contribution < -0.4 is 0 Å². The molecule has 1 aliphatic heterocycles. The van der Waals surface area contributed by atoms with Crippen molar-refractivity contribution in [2.45, 2.75) is 57.5 Å². The van der Waals surface area contributed by atoms with Gasteiger partial charge in [-0.25, -0.2) is 8.42 Å². The van der Waals surface area contributed by atoms with Gasteiger partial charge in [-0.15, -0.1) is 0 Å². The second-order valence-electron chi connectivity index (χ2n) is 6.15. The molecule has 1 aromatic rings. The summed E-state index contributed by atoms with van der Waals surface area (Å²) in [6, 6.07) is 0.0911. The molecular formula is C14H23N3O3S. The molecule has 3 rings (SSSR count). The normalized spacial score (nSPS) is 25.9. The van der Waals surface area contributed by atoms with Crippen LogP contribution in [-0.2, 0) is 16.4 Å². The summed E-state index contributed by atoms with van der Waals surface area (Å²) in [4.78, 5) is 6.67. The molecule has 118 valence electrons. The van der Waals surface area contributed by atoms with Gasteiger partial charge in [0.25, 0.3) is 0 Å². The van der Waals surface area contributed by atoms with E-state index in [2.05, 4.69) is 15.0 Å². The molecule has 0 spiro atoms. The van der Waals surface area contributed by atoms with Crippen molar-refractivity contribution in [2.75, 3.05) is 18.1 Å². The van der Waals surface area contributed by atoms with Crippen molar-refractivity contribution in [3.63, 3.8) is 0 Å².